The number of hydrogen-bond acceptors (Lipinski definition) is 6. The van der Waals surface area contributed by atoms with E-state index >= 15 is 0 Å². The molecule has 3 rings (SSSR count). The molecule has 188 valence electrons. The van der Waals surface area contributed by atoms with Crippen molar-refractivity contribution in [3.8, 4) is 17.2 Å². The van der Waals surface area contributed by atoms with Gasteiger partial charge in [0.15, 0.2) is 11.5 Å². The molecule has 3 aromatic carbocycles. The molecule has 0 aliphatic rings. The Morgan fingerprint density at radius 1 is 0.972 bits per heavy atom. The summed E-state index contributed by atoms with van der Waals surface area (Å²) in [6.07, 6.45) is 1.58. The molecule has 0 spiro atoms. The predicted molar refractivity (Wildman–Crippen MR) is 145 cm³/mol. The minimum Gasteiger partial charge on any atom is -0.497 e. The topological polar surface area (TPSA) is 98.2 Å². The first-order chi connectivity index (χ1) is 17.4. The maximum absolute atomic E-state index is 12.1. The maximum Gasteiger partial charge on any atom is 0.251 e. The van der Waals surface area contributed by atoms with E-state index in [0.29, 0.717) is 39.5 Å². The van der Waals surface area contributed by atoms with Crippen LogP contribution in [0.1, 0.15) is 27.9 Å². The van der Waals surface area contributed by atoms with Crippen LogP contribution in [0.15, 0.2) is 74.7 Å². The molecule has 0 saturated carbocycles. The van der Waals surface area contributed by atoms with Crippen LogP contribution in [0.4, 0.5) is 0 Å². The molecule has 0 aliphatic carbocycles. The van der Waals surface area contributed by atoms with Crippen molar-refractivity contribution in [1.82, 2.24) is 10.7 Å². The molecule has 10 heteroatoms. The highest BCUT2D eigenvalue weighted by Gasteiger charge is 2.12. The van der Waals surface area contributed by atoms with E-state index in [1.807, 2.05) is 30.3 Å². The molecule has 2 N–H and O–H groups in total. The summed E-state index contributed by atoms with van der Waals surface area (Å²) in [5.74, 6) is 1.15. The van der Waals surface area contributed by atoms with E-state index in [0.717, 1.165) is 10.0 Å². The number of hydrazone groups is 1. The van der Waals surface area contributed by atoms with Crippen LogP contribution in [0, 0.1) is 0 Å². The Bertz CT molecular complexity index is 1220. The molecule has 8 nitrogen and oxygen atoms in total. The van der Waals surface area contributed by atoms with Crippen LogP contribution in [0.5, 0.6) is 17.2 Å². The molecule has 0 fully saturated rings. The van der Waals surface area contributed by atoms with Gasteiger partial charge in [0.05, 0.1) is 24.9 Å². The van der Waals surface area contributed by atoms with Gasteiger partial charge in [-0.15, -0.1) is 0 Å². The normalized spacial score (nSPS) is 10.7. The van der Waals surface area contributed by atoms with Gasteiger partial charge < -0.3 is 19.5 Å². The minimum atomic E-state index is -0.332. The minimum absolute atomic E-state index is 0.0785. The Labute approximate surface area is 226 Å². The number of halogens is 2. The second-order valence-electron chi connectivity index (χ2n) is 7.48. The van der Waals surface area contributed by atoms with Crippen molar-refractivity contribution in [3.05, 3.63) is 86.3 Å². The second kappa shape index (κ2) is 13.6. The molecule has 0 aliphatic heterocycles. The quantitative estimate of drug-likeness (QED) is 0.231. The number of nitrogens with zero attached hydrogens (tertiary/aromatic N) is 1. The van der Waals surface area contributed by atoms with E-state index in [1.54, 1.807) is 44.6 Å². The summed E-state index contributed by atoms with van der Waals surface area (Å²) in [6.45, 7) is 0.552. The maximum atomic E-state index is 12.1. The fourth-order valence-electron chi connectivity index (χ4n) is 3.06. The zero-order chi connectivity index (χ0) is 25.9. The first-order valence-corrected chi connectivity index (χ1v) is 12.5. The SMILES string of the molecule is COc1ccc(C(=O)NCCC(=O)NN=Cc2cc(Br)c(OCc3ccc(Br)cc3)c(OC)c2)cc1. The number of carbonyl (C=O) groups is 2. The third-order valence-electron chi connectivity index (χ3n) is 4.94. The molecule has 3 aromatic rings. The zero-order valence-electron chi connectivity index (χ0n) is 19.7. The number of ether oxygens (including phenoxy) is 3. The fourth-order valence-corrected chi connectivity index (χ4v) is 3.90. The van der Waals surface area contributed by atoms with Crippen molar-refractivity contribution in [2.45, 2.75) is 13.0 Å². The fraction of sp³-hybridized carbons (Fsp3) is 0.192. The molecule has 36 heavy (non-hydrogen) atoms. The largest absolute Gasteiger partial charge is 0.497 e. The van der Waals surface area contributed by atoms with Gasteiger partial charge in [-0.05, 0) is 75.6 Å². The predicted octanol–water partition coefficient (Wildman–Crippen LogP) is 5.08. The Hall–Kier alpha value is -3.37. The number of carbonyl (C=O) groups excluding carboxylic acids is 2. The van der Waals surface area contributed by atoms with E-state index < -0.39 is 0 Å². The van der Waals surface area contributed by atoms with Gasteiger partial charge in [-0.3, -0.25) is 9.59 Å². The van der Waals surface area contributed by atoms with E-state index in [4.69, 9.17) is 14.2 Å². The summed E-state index contributed by atoms with van der Waals surface area (Å²) in [7, 11) is 3.11. The van der Waals surface area contributed by atoms with Crippen LogP contribution in [0.2, 0.25) is 0 Å². The van der Waals surface area contributed by atoms with Crippen molar-refractivity contribution in [2.24, 2.45) is 5.10 Å². The first kappa shape index (κ1) is 27.2. The van der Waals surface area contributed by atoms with Gasteiger partial charge in [-0.25, -0.2) is 5.43 Å². The second-order valence-corrected chi connectivity index (χ2v) is 9.25. The van der Waals surface area contributed by atoms with E-state index in [-0.39, 0.29) is 24.8 Å². The van der Waals surface area contributed by atoms with Crippen molar-refractivity contribution < 1.29 is 23.8 Å². The molecule has 0 aromatic heterocycles. The van der Waals surface area contributed by atoms with Gasteiger partial charge in [0.2, 0.25) is 5.91 Å². The molecule has 0 bridgehead atoms. The van der Waals surface area contributed by atoms with Crippen molar-refractivity contribution in [3.63, 3.8) is 0 Å². The molecular weight excluding hydrogens is 594 g/mol. The number of amides is 2. The van der Waals surface area contributed by atoms with Gasteiger partial charge in [-0.2, -0.15) is 5.10 Å². The standard InChI is InChI=1S/C26H25Br2N3O5/c1-34-21-9-5-19(6-10-21)26(33)29-12-11-24(32)31-30-15-18-13-22(28)25(23(14-18)35-2)36-16-17-3-7-20(27)8-4-17/h3-10,13-15H,11-12,16H2,1-2H3,(H,29,33)(H,31,32). The highest BCUT2D eigenvalue weighted by atomic mass is 79.9. The van der Waals surface area contributed by atoms with E-state index in [9.17, 15) is 9.59 Å². The summed E-state index contributed by atoms with van der Waals surface area (Å²) in [5, 5.41) is 6.69. The first-order valence-electron chi connectivity index (χ1n) is 10.9. The molecule has 0 radical (unpaired) electrons. The van der Waals surface area contributed by atoms with Gasteiger partial charge in [0.1, 0.15) is 12.4 Å². The van der Waals surface area contributed by atoms with Crippen LogP contribution in [0.25, 0.3) is 0 Å². The third-order valence-corrected chi connectivity index (χ3v) is 6.06. The molecule has 2 amide bonds. The molecule has 0 unspecified atom stereocenters. The van der Waals surface area contributed by atoms with Crippen LogP contribution >= 0.6 is 31.9 Å². The number of nitrogens with one attached hydrogen (secondary N) is 2. The summed E-state index contributed by atoms with van der Waals surface area (Å²) in [6, 6.07) is 18.1. The number of rotatable bonds is 11. The van der Waals surface area contributed by atoms with Gasteiger partial charge in [-0.1, -0.05) is 28.1 Å². The number of benzene rings is 3. The average Bonchev–Trinajstić information content (AvgIpc) is 2.88. The van der Waals surface area contributed by atoms with Crippen LogP contribution in [0.3, 0.4) is 0 Å². The van der Waals surface area contributed by atoms with E-state index in [1.165, 1.54) is 6.21 Å². The third kappa shape index (κ3) is 8.10. The molecule has 0 heterocycles. The monoisotopic (exact) mass is 617 g/mol. The van der Waals surface area contributed by atoms with Crippen LogP contribution < -0.4 is 25.0 Å². The van der Waals surface area contributed by atoms with Crippen LogP contribution in [-0.2, 0) is 11.4 Å². The Balaban J connectivity index is 1.49. The highest BCUT2D eigenvalue weighted by molar-refractivity contribution is 9.10. The smallest absolute Gasteiger partial charge is 0.251 e. The number of methoxy groups -OCH3 is 2. The number of hydrogen-bond donors (Lipinski definition) is 2. The van der Waals surface area contributed by atoms with Crippen LogP contribution in [-0.4, -0.2) is 38.8 Å². The Morgan fingerprint density at radius 3 is 2.36 bits per heavy atom. The summed E-state index contributed by atoms with van der Waals surface area (Å²) in [4.78, 5) is 24.2. The van der Waals surface area contributed by atoms with Crippen molar-refractivity contribution in [1.29, 1.82) is 0 Å². The molecule has 0 saturated heterocycles. The molecular formula is C26H25Br2N3O5. The Kier molecular flexibility index (Phi) is 10.3. The zero-order valence-corrected chi connectivity index (χ0v) is 22.9. The highest BCUT2D eigenvalue weighted by Crippen LogP contribution is 2.37. The van der Waals surface area contributed by atoms with E-state index in [2.05, 4.69) is 47.7 Å². The summed E-state index contributed by atoms with van der Waals surface area (Å²) < 4.78 is 18.2. The lowest BCUT2D eigenvalue weighted by Crippen LogP contribution is -2.29. The lowest BCUT2D eigenvalue weighted by Gasteiger charge is -2.13. The van der Waals surface area contributed by atoms with Gasteiger partial charge in [0, 0.05) is 23.0 Å². The Morgan fingerprint density at radius 2 is 1.69 bits per heavy atom. The van der Waals surface area contributed by atoms with Crippen molar-refractivity contribution in [2.75, 3.05) is 20.8 Å². The average molecular weight is 619 g/mol. The van der Waals surface area contributed by atoms with Gasteiger partial charge in [0.25, 0.3) is 5.91 Å². The summed E-state index contributed by atoms with van der Waals surface area (Å²) >= 11 is 6.93. The summed E-state index contributed by atoms with van der Waals surface area (Å²) in [5.41, 5.74) is 4.65. The lowest BCUT2D eigenvalue weighted by molar-refractivity contribution is -0.120. The van der Waals surface area contributed by atoms with Gasteiger partial charge >= 0.3 is 0 Å². The van der Waals surface area contributed by atoms with Crippen molar-refractivity contribution >= 4 is 49.9 Å². The molecule has 0 atom stereocenters. The lowest BCUT2D eigenvalue weighted by atomic mass is 10.2.